The van der Waals surface area contributed by atoms with Crippen LogP contribution in [-0.2, 0) is 9.59 Å². The molecule has 0 bridgehead atoms. The van der Waals surface area contributed by atoms with E-state index in [1.54, 1.807) is 45.5 Å². The second-order valence-corrected chi connectivity index (χ2v) is 10.8. The minimum atomic E-state index is -0.847. The summed E-state index contributed by atoms with van der Waals surface area (Å²) in [5.41, 5.74) is 6.41. The number of fused-ring (bicyclic) bond motifs is 1. The molecule has 2 N–H and O–H groups in total. The number of amides is 3. The minimum Gasteiger partial charge on any atom is -0.475 e. The number of primary amides is 1. The van der Waals surface area contributed by atoms with Crippen LogP contribution in [0.2, 0.25) is 0 Å². The Hall–Kier alpha value is -3.57. The van der Waals surface area contributed by atoms with Crippen molar-refractivity contribution in [2.75, 3.05) is 24.5 Å². The number of Topliss-reactive ketones (excluding diaryl/α,β-unsaturated/α-hetero) is 1. The molecule has 2 aliphatic heterocycles. The first-order valence-corrected chi connectivity index (χ1v) is 13.9. The number of ketones is 1. The normalized spacial score (nSPS) is 18.8. The fourth-order valence-corrected chi connectivity index (χ4v) is 6.14. The van der Waals surface area contributed by atoms with E-state index in [1.165, 1.54) is 22.7 Å². The van der Waals surface area contributed by atoms with Crippen LogP contribution >= 0.6 is 22.7 Å². The Morgan fingerprint density at radius 1 is 1.16 bits per heavy atom. The van der Waals surface area contributed by atoms with Crippen molar-refractivity contribution in [2.24, 2.45) is 11.7 Å². The van der Waals surface area contributed by atoms with Gasteiger partial charge in [0.05, 0.1) is 16.4 Å². The number of aromatic nitrogens is 1. The highest BCUT2D eigenvalue weighted by atomic mass is 32.1. The number of carbonyl (C=O) groups excluding carboxylic acids is 4. The summed E-state index contributed by atoms with van der Waals surface area (Å²) < 4.78 is 5.85. The number of carbonyl (C=O) groups is 4. The van der Waals surface area contributed by atoms with Gasteiger partial charge in [0.2, 0.25) is 23.7 Å². The van der Waals surface area contributed by atoms with Gasteiger partial charge < -0.3 is 15.4 Å². The molecule has 192 valence electrons. The van der Waals surface area contributed by atoms with Gasteiger partial charge in [0.15, 0.2) is 5.13 Å². The van der Waals surface area contributed by atoms with Crippen LogP contribution in [0.15, 0.2) is 47.2 Å². The summed E-state index contributed by atoms with van der Waals surface area (Å²) in [5.74, 6) is -0.597. The van der Waals surface area contributed by atoms with Crippen LogP contribution in [0.1, 0.15) is 57.5 Å². The summed E-state index contributed by atoms with van der Waals surface area (Å²) in [7, 11) is 0. The molecule has 1 saturated heterocycles. The number of nitrogens with zero attached hydrogens (tertiary/aromatic N) is 3. The fourth-order valence-electron chi connectivity index (χ4n) is 4.61. The van der Waals surface area contributed by atoms with Gasteiger partial charge in [-0.15, -0.1) is 22.7 Å². The highest BCUT2D eigenvalue weighted by Crippen LogP contribution is 2.38. The molecule has 0 saturated carbocycles. The second kappa shape index (κ2) is 10.8. The number of para-hydroxylation sites is 1. The molecule has 9 nitrogen and oxygen atoms in total. The first-order valence-electron chi connectivity index (χ1n) is 12.1. The van der Waals surface area contributed by atoms with Crippen molar-refractivity contribution in [1.82, 2.24) is 9.88 Å². The number of likely N-dealkylation sites (tertiary alicyclic amines) is 1. The van der Waals surface area contributed by atoms with Crippen molar-refractivity contribution in [2.45, 2.75) is 31.8 Å². The number of piperidine rings is 1. The molecule has 37 heavy (non-hydrogen) atoms. The lowest BCUT2D eigenvalue weighted by molar-refractivity contribution is -0.135. The molecule has 3 amide bonds. The lowest BCUT2D eigenvalue weighted by Gasteiger charge is -2.31. The number of anilines is 1. The molecular weight excluding hydrogens is 512 g/mol. The van der Waals surface area contributed by atoms with E-state index in [1.807, 2.05) is 11.4 Å². The van der Waals surface area contributed by atoms with Gasteiger partial charge in [-0.2, -0.15) is 0 Å². The third kappa shape index (κ3) is 5.28. The Balaban J connectivity index is 1.28. The molecule has 2 unspecified atom stereocenters. The summed E-state index contributed by atoms with van der Waals surface area (Å²) in [5, 5.41) is 4.01. The second-order valence-electron chi connectivity index (χ2n) is 9.03. The first kappa shape index (κ1) is 25.1. The van der Waals surface area contributed by atoms with E-state index in [0.29, 0.717) is 52.9 Å². The Labute approximate surface area is 221 Å². The van der Waals surface area contributed by atoms with Crippen LogP contribution < -0.4 is 15.4 Å². The maximum absolute atomic E-state index is 13.3. The van der Waals surface area contributed by atoms with Crippen molar-refractivity contribution >= 4 is 51.3 Å². The number of ether oxygens (including phenoxy) is 1. The number of benzene rings is 1. The van der Waals surface area contributed by atoms with Crippen LogP contribution in [0.25, 0.3) is 0 Å². The molecular formula is C26H26N4O5S2. The van der Waals surface area contributed by atoms with Gasteiger partial charge in [-0.05, 0) is 42.8 Å². The minimum absolute atomic E-state index is 0.0583. The molecule has 0 spiro atoms. The molecule has 11 heteroatoms. The van der Waals surface area contributed by atoms with Crippen molar-refractivity contribution in [3.8, 4) is 5.75 Å². The summed E-state index contributed by atoms with van der Waals surface area (Å²) >= 11 is 2.59. The third-order valence-corrected chi connectivity index (χ3v) is 8.31. The van der Waals surface area contributed by atoms with Crippen LogP contribution in [0.5, 0.6) is 5.75 Å². The summed E-state index contributed by atoms with van der Waals surface area (Å²) in [6.07, 6.45) is 1.26. The molecule has 5 rings (SSSR count). The zero-order valence-electron chi connectivity index (χ0n) is 20.0. The molecule has 2 aromatic heterocycles. The van der Waals surface area contributed by atoms with Gasteiger partial charge >= 0.3 is 0 Å². The van der Waals surface area contributed by atoms with Crippen LogP contribution in [-0.4, -0.2) is 53.0 Å². The Kier molecular flexibility index (Phi) is 7.33. The van der Waals surface area contributed by atoms with Gasteiger partial charge in [-0.3, -0.25) is 24.1 Å². The number of hydrogen-bond donors (Lipinski definition) is 1. The molecule has 0 aliphatic carbocycles. The van der Waals surface area contributed by atoms with Crippen LogP contribution in [0.4, 0.5) is 5.13 Å². The molecule has 3 aromatic rings. The van der Waals surface area contributed by atoms with Crippen molar-refractivity contribution in [3.05, 3.63) is 63.3 Å². The Bertz CT molecular complexity index is 1320. The topological polar surface area (TPSA) is 123 Å². The summed E-state index contributed by atoms with van der Waals surface area (Å²) in [6.45, 7) is 1.23. The fraction of sp³-hybridized carbons (Fsp3) is 0.346. The molecule has 0 radical (unpaired) electrons. The first-order chi connectivity index (χ1) is 17.9. The van der Waals surface area contributed by atoms with Gasteiger partial charge in [-0.25, -0.2) is 4.98 Å². The molecule has 1 aromatic carbocycles. The van der Waals surface area contributed by atoms with Crippen molar-refractivity contribution in [1.29, 1.82) is 0 Å². The van der Waals surface area contributed by atoms with E-state index in [2.05, 4.69) is 4.98 Å². The summed E-state index contributed by atoms with van der Waals surface area (Å²) in [4.78, 5) is 59.0. The number of thiophene rings is 1. The summed E-state index contributed by atoms with van der Waals surface area (Å²) in [6, 6.07) is 10.6. The molecule has 2 atom stereocenters. The number of thiazole rings is 1. The molecule has 2 aliphatic rings. The average molecular weight is 539 g/mol. The van der Waals surface area contributed by atoms with Gasteiger partial charge in [0.1, 0.15) is 11.4 Å². The standard InChI is InChI=1S/C26H26N4O5S2/c27-24(33)16-6-3-11-29(14-16)21(31)10-4-12-30(25(34)20-9-5-13-36-20)26-28-18(15-37-26)23-22(32)17-7-1-2-8-19(17)35-23/h1-2,5,7-9,13,15-16,23H,3-4,6,10-12,14H2,(H2,27,33). The van der Waals surface area contributed by atoms with E-state index >= 15 is 0 Å². The maximum Gasteiger partial charge on any atom is 0.270 e. The zero-order valence-corrected chi connectivity index (χ0v) is 21.6. The molecule has 1 fully saturated rings. The van der Waals surface area contributed by atoms with Crippen LogP contribution in [0, 0.1) is 5.92 Å². The smallest absolute Gasteiger partial charge is 0.270 e. The highest BCUT2D eigenvalue weighted by molar-refractivity contribution is 7.14. The highest BCUT2D eigenvalue weighted by Gasteiger charge is 2.36. The number of rotatable bonds is 8. The average Bonchev–Trinajstić information content (AvgIpc) is 3.67. The predicted octanol–water partition coefficient (Wildman–Crippen LogP) is 3.67. The predicted molar refractivity (Wildman–Crippen MR) is 140 cm³/mol. The van der Waals surface area contributed by atoms with E-state index in [0.717, 1.165) is 6.42 Å². The molecule has 4 heterocycles. The quantitative estimate of drug-likeness (QED) is 0.467. The van der Waals surface area contributed by atoms with Crippen molar-refractivity contribution < 1.29 is 23.9 Å². The Morgan fingerprint density at radius 3 is 2.76 bits per heavy atom. The Morgan fingerprint density at radius 2 is 2.00 bits per heavy atom. The van der Waals surface area contributed by atoms with E-state index in [-0.39, 0.29) is 42.4 Å². The van der Waals surface area contributed by atoms with E-state index in [4.69, 9.17) is 10.5 Å². The largest absolute Gasteiger partial charge is 0.475 e. The lowest BCUT2D eigenvalue weighted by atomic mass is 9.97. The van der Waals surface area contributed by atoms with E-state index in [9.17, 15) is 19.2 Å². The van der Waals surface area contributed by atoms with E-state index < -0.39 is 6.10 Å². The number of nitrogens with two attached hydrogens (primary N) is 1. The van der Waals surface area contributed by atoms with Gasteiger partial charge in [0, 0.05) is 31.4 Å². The van der Waals surface area contributed by atoms with Crippen molar-refractivity contribution in [3.63, 3.8) is 0 Å². The number of hydrogen-bond acceptors (Lipinski definition) is 8. The maximum atomic E-state index is 13.3. The van der Waals surface area contributed by atoms with Gasteiger partial charge in [0.25, 0.3) is 5.91 Å². The van der Waals surface area contributed by atoms with Gasteiger partial charge in [-0.1, -0.05) is 18.2 Å². The monoisotopic (exact) mass is 538 g/mol. The SMILES string of the molecule is NC(=O)C1CCCN(C(=O)CCCN(C(=O)c2cccs2)c2nc(C3Oc4ccccc4C3=O)cs2)C1. The van der Waals surface area contributed by atoms with Crippen LogP contribution in [0.3, 0.4) is 0 Å². The zero-order chi connectivity index (χ0) is 25.9. The third-order valence-electron chi connectivity index (χ3n) is 6.57. The lowest BCUT2D eigenvalue weighted by Crippen LogP contribution is -2.44.